The summed E-state index contributed by atoms with van der Waals surface area (Å²) in [7, 11) is 3.36. The fraction of sp³-hybridized carbons (Fsp3) is 0.208. The van der Waals surface area contributed by atoms with E-state index >= 15 is 0 Å². The van der Waals surface area contributed by atoms with Crippen molar-refractivity contribution < 1.29 is 14.2 Å². The van der Waals surface area contributed by atoms with E-state index in [2.05, 4.69) is 17.1 Å². The van der Waals surface area contributed by atoms with Crippen molar-refractivity contribution in [2.24, 2.45) is 5.10 Å². The molecule has 0 saturated heterocycles. The second-order valence-corrected chi connectivity index (χ2v) is 7.13. The van der Waals surface area contributed by atoms with Crippen LogP contribution in [0.4, 0.5) is 0 Å². The first kappa shape index (κ1) is 17.6. The third kappa shape index (κ3) is 2.99. The Kier molecular flexibility index (Phi) is 4.35. The van der Waals surface area contributed by atoms with Crippen molar-refractivity contribution in [1.82, 2.24) is 5.01 Å². The van der Waals surface area contributed by atoms with Crippen LogP contribution in [0.25, 0.3) is 0 Å². The van der Waals surface area contributed by atoms with E-state index in [0.29, 0.717) is 0 Å². The minimum atomic E-state index is -0.353. The van der Waals surface area contributed by atoms with Gasteiger partial charge in [-0.3, -0.25) is 0 Å². The molecular formula is C24H22N2O3. The van der Waals surface area contributed by atoms with Gasteiger partial charge in [0.1, 0.15) is 17.2 Å². The minimum Gasteiger partial charge on any atom is -0.497 e. The van der Waals surface area contributed by atoms with E-state index in [1.165, 1.54) is 0 Å². The van der Waals surface area contributed by atoms with Gasteiger partial charge in [0.15, 0.2) is 0 Å². The van der Waals surface area contributed by atoms with Gasteiger partial charge in [-0.25, -0.2) is 5.01 Å². The highest BCUT2D eigenvalue weighted by Gasteiger charge is 2.41. The van der Waals surface area contributed by atoms with E-state index < -0.39 is 0 Å². The van der Waals surface area contributed by atoms with Gasteiger partial charge in [-0.05, 0) is 30.3 Å². The summed E-state index contributed by atoms with van der Waals surface area (Å²) in [5.74, 6) is 2.51. The summed E-state index contributed by atoms with van der Waals surface area (Å²) in [6, 6.07) is 24.3. The van der Waals surface area contributed by atoms with E-state index in [0.717, 1.165) is 46.1 Å². The molecule has 0 radical (unpaired) electrons. The maximum absolute atomic E-state index is 6.42. The highest BCUT2D eigenvalue weighted by molar-refractivity contribution is 6.02. The predicted octanol–water partition coefficient (Wildman–Crippen LogP) is 4.95. The fourth-order valence-corrected chi connectivity index (χ4v) is 4.09. The average Bonchev–Trinajstić information content (AvgIpc) is 3.24. The Balaban J connectivity index is 1.61. The number of hydrogen-bond acceptors (Lipinski definition) is 5. The Morgan fingerprint density at radius 3 is 2.52 bits per heavy atom. The zero-order chi connectivity index (χ0) is 19.8. The number of methoxy groups -OCH3 is 2. The van der Waals surface area contributed by atoms with Gasteiger partial charge in [0, 0.05) is 17.5 Å². The lowest BCUT2D eigenvalue weighted by Crippen LogP contribution is -2.33. The number of fused-ring (bicyclic) bond motifs is 3. The number of para-hydroxylation sites is 2. The lowest BCUT2D eigenvalue weighted by molar-refractivity contribution is -0.0203. The molecule has 0 aromatic heterocycles. The van der Waals surface area contributed by atoms with Crippen LogP contribution in [0.3, 0.4) is 0 Å². The highest BCUT2D eigenvalue weighted by Crippen LogP contribution is 2.48. The van der Waals surface area contributed by atoms with Gasteiger partial charge in [-0.2, -0.15) is 5.10 Å². The molecule has 2 heterocycles. The van der Waals surface area contributed by atoms with Gasteiger partial charge in [0.2, 0.25) is 6.23 Å². The molecule has 2 aliphatic heterocycles. The topological polar surface area (TPSA) is 43.3 Å². The summed E-state index contributed by atoms with van der Waals surface area (Å²) in [6.07, 6.45) is 0.452. The Hall–Kier alpha value is -3.47. The number of rotatable bonds is 4. The summed E-state index contributed by atoms with van der Waals surface area (Å²) >= 11 is 0. The zero-order valence-electron chi connectivity index (χ0n) is 16.4. The lowest BCUT2D eigenvalue weighted by Gasteiger charge is -2.38. The van der Waals surface area contributed by atoms with Crippen LogP contribution < -0.4 is 14.2 Å². The first-order valence-electron chi connectivity index (χ1n) is 9.67. The molecular weight excluding hydrogens is 364 g/mol. The maximum Gasteiger partial charge on any atom is 0.217 e. The largest absolute Gasteiger partial charge is 0.497 e. The summed E-state index contributed by atoms with van der Waals surface area (Å²) < 4.78 is 17.4. The first-order valence-corrected chi connectivity index (χ1v) is 9.67. The quantitative estimate of drug-likeness (QED) is 0.637. The summed E-state index contributed by atoms with van der Waals surface area (Å²) in [6.45, 7) is 0. The Morgan fingerprint density at radius 1 is 0.897 bits per heavy atom. The molecule has 3 aromatic carbocycles. The van der Waals surface area contributed by atoms with Gasteiger partial charge in [-0.15, -0.1) is 0 Å². The molecule has 146 valence electrons. The normalized spacial score (nSPS) is 19.7. The third-order valence-electron chi connectivity index (χ3n) is 5.51. The Morgan fingerprint density at radius 2 is 1.69 bits per heavy atom. The van der Waals surface area contributed by atoms with Crippen molar-refractivity contribution >= 4 is 5.71 Å². The molecule has 2 atom stereocenters. The smallest absolute Gasteiger partial charge is 0.217 e. The van der Waals surface area contributed by atoms with Crippen molar-refractivity contribution in [1.29, 1.82) is 0 Å². The van der Waals surface area contributed by atoms with Crippen LogP contribution in [-0.4, -0.2) is 24.9 Å². The molecule has 5 heteroatoms. The maximum atomic E-state index is 6.42. The van der Waals surface area contributed by atoms with E-state index in [4.69, 9.17) is 19.3 Å². The summed E-state index contributed by atoms with van der Waals surface area (Å²) in [5, 5.41) is 7.07. The molecule has 0 saturated carbocycles. The predicted molar refractivity (Wildman–Crippen MR) is 112 cm³/mol. The van der Waals surface area contributed by atoms with E-state index in [-0.39, 0.29) is 12.3 Å². The van der Waals surface area contributed by atoms with Crippen LogP contribution in [0, 0.1) is 0 Å². The Bertz CT molecular complexity index is 1080. The zero-order valence-corrected chi connectivity index (χ0v) is 16.4. The molecule has 0 bridgehead atoms. The molecule has 0 amide bonds. The van der Waals surface area contributed by atoms with Crippen molar-refractivity contribution in [3.05, 3.63) is 89.5 Å². The monoisotopic (exact) mass is 386 g/mol. The minimum absolute atomic E-state index is 0.107. The molecule has 0 aliphatic carbocycles. The molecule has 29 heavy (non-hydrogen) atoms. The van der Waals surface area contributed by atoms with E-state index in [9.17, 15) is 0 Å². The molecule has 2 aliphatic rings. The Labute approximate surface area is 170 Å². The molecule has 0 unspecified atom stereocenters. The molecule has 0 spiro atoms. The van der Waals surface area contributed by atoms with Crippen LogP contribution in [0.15, 0.2) is 77.9 Å². The second kappa shape index (κ2) is 7.17. The number of hydrogen-bond donors (Lipinski definition) is 0. The van der Waals surface area contributed by atoms with Gasteiger partial charge in [-0.1, -0.05) is 42.5 Å². The standard InChI is InChI=1S/C24H22N2O3/c1-27-17-9-7-8-16(14-17)20-15-21-18-10-3-6-13-23(18)29-24(26(21)25-20)19-11-4-5-12-22(19)28-2/h3-14,21,24H,15H2,1-2H3/t21-,24+/m0/s1. The first-order chi connectivity index (χ1) is 14.3. The van der Waals surface area contributed by atoms with Crippen LogP contribution >= 0.6 is 0 Å². The molecule has 0 fully saturated rings. The second-order valence-electron chi connectivity index (χ2n) is 7.13. The number of nitrogens with zero attached hydrogens (tertiary/aromatic N) is 2. The summed E-state index contributed by atoms with van der Waals surface area (Å²) in [4.78, 5) is 0. The van der Waals surface area contributed by atoms with Gasteiger partial charge < -0.3 is 14.2 Å². The number of benzene rings is 3. The van der Waals surface area contributed by atoms with Crippen molar-refractivity contribution in [3.8, 4) is 17.2 Å². The van der Waals surface area contributed by atoms with Gasteiger partial charge in [0.05, 0.1) is 31.5 Å². The fourth-order valence-electron chi connectivity index (χ4n) is 4.09. The highest BCUT2D eigenvalue weighted by atomic mass is 16.5. The SMILES string of the molecule is COc1cccc(C2=NN3[C@@H](c4ccccc4OC)Oc4ccccc4[C@@H]3C2)c1. The number of ether oxygens (including phenoxy) is 3. The third-order valence-corrected chi connectivity index (χ3v) is 5.51. The molecule has 0 N–H and O–H groups in total. The van der Waals surface area contributed by atoms with Crippen molar-refractivity contribution in [3.63, 3.8) is 0 Å². The molecule has 5 rings (SSSR count). The van der Waals surface area contributed by atoms with Crippen LogP contribution in [-0.2, 0) is 0 Å². The summed E-state index contributed by atoms with van der Waals surface area (Å²) in [5.41, 5.74) is 4.20. The van der Waals surface area contributed by atoms with Crippen LogP contribution in [0.1, 0.15) is 35.4 Å². The molecule has 5 nitrogen and oxygen atoms in total. The van der Waals surface area contributed by atoms with E-state index in [1.807, 2.05) is 60.7 Å². The van der Waals surface area contributed by atoms with Gasteiger partial charge >= 0.3 is 0 Å². The molecule has 3 aromatic rings. The van der Waals surface area contributed by atoms with Crippen molar-refractivity contribution in [2.75, 3.05) is 14.2 Å². The average molecular weight is 386 g/mol. The van der Waals surface area contributed by atoms with E-state index in [1.54, 1.807) is 14.2 Å². The van der Waals surface area contributed by atoms with Crippen LogP contribution in [0.5, 0.6) is 17.2 Å². The lowest BCUT2D eigenvalue weighted by atomic mass is 9.96. The van der Waals surface area contributed by atoms with Gasteiger partial charge in [0.25, 0.3) is 0 Å². The van der Waals surface area contributed by atoms with Crippen LogP contribution in [0.2, 0.25) is 0 Å². The van der Waals surface area contributed by atoms with Crippen molar-refractivity contribution in [2.45, 2.75) is 18.7 Å². The number of hydrazone groups is 1.